The van der Waals surface area contributed by atoms with E-state index in [1.54, 1.807) is 0 Å². The fourth-order valence-corrected chi connectivity index (χ4v) is 7.13. The molecular formula is C24H25F2N3O5S. The van der Waals surface area contributed by atoms with Gasteiger partial charge in [0, 0.05) is 32.6 Å². The second-order valence-electron chi connectivity index (χ2n) is 9.67. The Morgan fingerprint density at radius 1 is 1.09 bits per heavy atom. The fourth-order valence-electron chi connectivity index (χ4n) is 4.63. The molecule has 11 heteroatoms. The SMILES string of the molecule is Cc1ccc(CNC(=O)c2ccc3n(c2=O)CCN(CC2(S(=O)(=O)[C@H]4CC4(F)F)CC2)C3=O)cc1. The smallest absolute Gasteiger partial charge is 0.270 e. The molecule has 2 fully saturated rings. The van der Waals surface area contributed by atoms with Crippen LogP contribution in [-0.4, -0.2) is 58.7 Å². The van der Waals surface area contributed by atoms with E-state index in [4.69, 9.17) is 0 Å². The van der Waals surface area contributed by atoms with Crippen LogP contribution in [0.25, 0.3) is 0 Å². The Labute approximate surface area is 200 Å². The normalized spacial score (nSPS) is 21.9. The van der Waals surface area contributed by atoms with Crippen molar-refractivity contribution in [3.63, 3.8) is 0 Å². The van der Waals surface area contributed by atoms with Crippen molar-refractivity contribution in [2.75, 3.05) is 13.1 Å². The van der Waals surface area contributed by atoms with Crippen molar-refractivity contribution < 1.29 is 26.8 Å². The molecule has 0 spiro atoms. The maximum Gasteiger partial charge on any atom is 0.270 e. The van der Waals surface area contributed by atoms with Crippen molar-refractivity contribution in [1.29, 1.82) is 0 Å². The second kappa shape index (κ2) is 7.97. The van der Waals surface area contributed by atoms with Gasteiger partial charge in [-0.05, 0) is 37.5 Å². The first kappa shape index (κ1) is 23.7. The molecule has 1 aromatic heterocycles. The van der Waals surface area contributed by atoms with Gasteiger partial charge in [-0.2, -0.15) is 0 Å². The number of halogens is 2. The van der Waals surface area contributed by atoms with Gasteiger partial charge in [0.2, 0.25) is 0 Å². The number of hydrogen-bond donors (Lipinski definition) is 1. The largest absolute Gasteiger partial charge is 0.348 e. The van der Waals surface area contributed by atoms with Gasteiger partial charge in [0.25, 0.3) is 23.3 Å². The van der Waals surface area contributed by atoms with Crippen molar-refractivity contribution in [2.24, 2.45) is 0 Å². The summed E-state index contributed by atoms with van der Waals surface area (Å²) in [4.78, 5) is 39.9. The molecule has 2 aliphatic carbocycles. The number of sulfone groups is 1. The lowest BCUT2D eigenvalue weighted by Crippen LogP contribution is -2.50. The third-order valence-corrected chi connectivity index (χ3v) is 10.1. The first-order chi connectivity index (χ1) is 16.4. The van der Waals surface area contributed by atoms with Crippen molar-refractivity contribution in [3.05, 3.63) is 69.1 Å². The van der Waals surface area contributed by atoms with Crippen LogP contribution >= 0.6 is 0 Å². The highest BCUT2D eigenvalue weighted by molar-refractivity contribution is 7.94. The van der Waals surface area contributed by atoms with Gasteiger partial charge >= 0.3 is 0 Å². The minimum atomic E-state index is -4.09. The molecule has 186 valence electrons. The quantitative estimate of drug-likeness (QED) is 0.619. The van der Waals surface area contributed by atoms with E-state index in [1.165, 1.54) is 21.6 Å². The molecule has 0 unspecified atom stereocenters. The lowest BCUT2D eigenvalue weighted by atomic mass is 10.1. The molecule has 0 bridgehead atoms. The number of carbonyl (C=O) groups excluding carboxylic acids is 2. The summed E-state index contributed by atoms with van der Waals surface area (Å²) >= 11 is 0. The number of hydrogen-bond acceptors (Lipinski definition) is 5. The first-order valence-electron chi connectivity index (χ1n) is 11.4. The van der Waals surface area contributed by atoms with Crippen molar-refractivity contribution in [2.45, 2.75) is 55.2 Å². The van der Waals surface area contributed by atoms with Crippen molar-refractivity contribution in [1.82, 2.24) is 14.8 Å². The number of benzene rings is 1. The zero-order valence-electron chi connectivity index (χ0n) is 19.1. The summed E-state index contributed by atoms with van der Waals surface area (Å²) in [5.74, 6) is -4.31. The van der Waals surface area contributed by atoms with E-state index >= 15 is 0 Å². The molecule has 1 aromatic carbocycles. The highest BCUT2D eigenvalue weighted by atomic mass is 32.2. The highest BCUT2D eigenvalue weighted by Crippen LogP contribution is 2.56. The summed E-state index contributed by atoms with van der Waals surface area (Å²) in [6, 6.07) is 10.2. The van der Waals surface area contributed by atoms with Crippen LogP contribution in [0.15, 0.2) is 41.2 Å². The van der Waals surface area contributed by atoms with E-state index in [0.717, 1.165) is 11.1 Å². The maximum atomic E-state index is 13.5. The monoisotopic (exact) mass is 505 g/mol. The zero-order chi connectivity index (χ0) is 25.2. The molecule has 2 aromatic rings. The zero-order valence-corrected chi connectivity index (χ0v) is 19.9. The third-order valence-electron chi connectivity index (χ3n) is 7.13. The summed E-state index contributed by atoms with van der Waals surface area (Å²) in [6.07, 6.45) is -0.199. The minimum Gasteiger partial charge on any atom is -0.348 e. The van der Waals surface area contributed by atoms with Crippen LogP contribution in [0.4, 0.5) is 8.78 Å². The van der Waals surface area contributed by atoms with Crippen LogP contribution in [0.5, 0.6) is 0 Å². The molecule has 8 nitrogen and oxygen atoms in total. The third kappa shape index (κ3) is 4.05. The summed E-state index contributed by atoms with van der Waals surface area (Å²) in [5.41, 5.74) is 1.30. The summed E-state index contributed by atoms with van der Waals surface area (Å²) in [7, 11) is -4.09. The molecule has 2 heterocycles. The summed E-state index contributed by atoms with van der Waals surface area (Å²) < 4.78 is 52.4. The molecule has 0 saturated heterocycles. The standard InChI is InChI=1S/C24H25F2N3O5S/c1-15-2-4-16(5-3-15)13-27-20(30)17-6-7-18-22(32)28(10-11-29(18)21(17)31)14-23(8-9-23)35(33,34)19-12-24(19,25)26/h2-7,19H,8-14H2,1H3,(H,27,30)/t19-/m0/s1. The van der Waals surface area contributed by atoms with Gasteiger partial charge in [-0.1, -0.05) is 29.8 Å². The van der Waals surface area contributed by atoms with E-state index in [2.05, 4.69) is 5.32 Å². The molecule has 3 aliphatic rings. The van der Waals surface area contributed by atoms with Crippen LogP contribution in [0.1, 0.15) is 51.2 Å². The number of amides is 2. The first-order valence-corrected chi connectivity index (χ1v) is 13.0. The predicted octanol–water partition coefficient (Wildman–Crippen LogP) is 1.90. The molecule has 5 rings (SSSR count). The Bertz CT molecular complexity index is 1380. The molecule has 1 atom stereocenters. The Balaban J connectivity index is 1.30. The van der Waals surface area contributed by atoms with Gasteiger partial charge in [0.05, 0.1) is 4.75 Å². The van der Waals surface area contributed by atoms with Crippen LogP contribution in [-0.2, 0) is 22.9 Å². The Morgan fingerprint density at radius 2 is 1.74 bits per heavy atom. The van der Waals surface area contributed by atoms with E-state index in [1.807, 2.05) is 31.2 Å². The van der Waals surface area contributed by atoms with E-state index in [-0.39, 0.29) is 50.3 Å². The molecule has 35 heavy (non-hydrogen) atoms. The molecule has 1 aliphatic heterocycles. The molecule has 1 N–H and O–H groups in total. The lowest BCUT2D eigenvalue weighted by molar-refractivity contribution is 0.0694. The molecule has 2 amide bonds. The number of aromatic nitrogens is 1. The Kier molecular flexibility index (Phi) is 5.39. The number of nitrogens with one attached hydrogen (secondary N) is 1. The number of nitrogens with zero attached hydrogens (tertiary/aromatic N) is 2. The van der Waals surface area contributed by atoms with Gasteiger partial charge in [0.15, 0.2) is 9.84 Å². The van der Waals surface area contributed by atoms with Crippen molar-refractivity contribution in [3.8, 4) is 0 Å². The van der Waals surface area contributed by atoms with Gasteiger partial charge in [-0.15, -0.1) is 0 Å². The maximum absolute atomic E-state index is 13.5. The van der Waals surface area contributed by atoms with Gasteiger partial charge in [-0.3, -0.25) is 14.4 Å². The van der Waals surface area contributed by atoms with Crippen LogP contribution in [0.2, 0.25) is 0 Å². The topological polar surface area (TPSA) is 106 Å². The van der Waals surface area contributed by atoms with Gasteiger partial charge in [-0.25, -0.2) is 17.2 Å². The van der Waals surface area contributed by atoms with Gasteiger partial charge in [0.1, 0.15) is 16.5 Å². The average Bonchev–Trinajstić information content (AvgIpc) is 3.72. The predicted molar refractivity (Wildman–Crippen MR) is 123 cm³/mol. The summed E-state index contributed by atoms with van der Waals surface area (Å²) in [5, 5.41) is 1.03. The van der Waals surface area contributed by atoms with E-state index in [9.17, 15) is 31.6 Å². The summed E-state index contributed by atoms with van der Waals surface area (Å²) in [6.45, 7) is 2.15. The van der Waals surface area contributed by atoms with Crippen LogP contribution in [0.3, 0.4) is 0 Å². The minimum absolute atomic E-state index is 0.0429. The lowest BCUT2D eigenvalue weighted by Gasteiger charge is -2.32. The number of pyridine rings is 1. The Morgan fingerprint density at radius 3 is 2.34 bits per heavy atom. The average molecular weight is 506 g/mol. The highest BCUT2D eigenvalue weighted by Gasteiger charge is 2.71. The van der Waals surface area contributed by atoms with Gasteiger partial charge < -0.3 is 14.8 Å². The second-order valence-corrected chi connectivity index (χ2v) is 12.2. The Hall–Kier alpha value is -3.08. The molecule has 0 radical (unpaired) electrons. The number of fused-ring (bicyclic) bond motifs is 1. The number of aryl methyl sites for hydroxylation is 1. The van der Waals surface area contributed by atoms with E-state index < -0.39 is 49.6 Å². The number of rotatable bonds is 7. The van der Waals surface area contributed by atoms with Crippen LogP contribution in [0, 0.1) is 6.92 Å². The van der Waals surface area contributed by atoms with E-state index in [0.29, 0.717) is 0 Å². The van der Waals surface area contributed by atoms with Crippen molar-refractivity contribution >= 4 is 21.7 Å². The van der Waals surface area contributed by atoms with Crippen LogP contribution < -0.4 is 10.9 Å². The fraction of sp³-hybridized carbons (Fsp3) is 0.458. The molecular weight excluding hydrogens is 480 g/mol. The molecule has 2 saturated carbocycles. The number of alkyl halides is 2. The number of carbonyl (C=O) groups is 2.